The summed E-state index contributed by atoms with van der Waals surface area (Å²) in [6.07, 6.45) is 6.78. The van der Waals surface area contributed by atoms with E-state index in [4.69, 9.17) is 0 Å². The summed E-state index contributed by atoms with van der Waals surface area (Å²) in [7, 11) is 0. The van der Waals surface area contributed by atoms with Gasteiger partial charge in [0.15, 0.2) is 0 Å². The Bertz CT molecular complexity index is 520. The highest BCUT2D eigenvalue weighted by Crippen LogP contribution is 2.18. The molecular formula is C13H18N4OS. The largest absolute Gasteiger partial charge is 0.347 e. The van der Waals surface area contributed by atoms with E-state index in [0.29, 0.717) is 13.0 Å². The van der Waals surface area contributed by atoms with Crippen molar-refractivity contribution >= 4 is 17.2 Å². The van der Waals surface area contributed by atoms with E-state index in [9.17, 15) is 4.79 Å². The zero-order chi connectivity index (χ0) is 13.7. The lowest BCUT2D eigenvalue weighted by atomic mass is 10.2. The van der Waals surface area contributed by atoms with Gasteiger partial charge in [0.05, 0.1) is 12.2 Å². The summed E-state index contributed by atoms with van der Waals surface area (Å²) in [6, 6.07) is 0.0202. The second kappa shape index (κ2) is 6.47. The van der Waals surface area contributed by atoms with Crippen LogP contribution >= 0.6 is 11.3 Å². The number of hydrogen-bond donors (Lipinski definition) is 1. The Morgan fingerprint density at radius 1 is 1.58 bits per heavy atom. The molecule has 6 heteroatoms. The van der Waals surface area contributed by atoms with Gasteiger partial charge in [-0.1, -0.05) is 6.92 Å². The molecule has 0 fully saturated rings. The molecule has 0 saturated carbocycles. The van der Waals surface area contributed by atoms with Gasteiger partial charge in [-0.05, 0) is 18.9 Å². The normalized spacial score (nSPS) is 12.3. The van der Waals surface area contributed by atoms with Crippen LogP contribution < -0.4 is 5.32 Å². The second-order valence-corrected chi connectivity index (χ2v) is 5.36. The first kappa shape index (κ1) is 13.7. The molecule has 2 rings (SSSR count). The number of amides is 1. The van der Waals surface area contributed by atoms with E-state index < -0.39 is 0 Å². The molecule has 0 radical (unpaired) electrons. The Kier molecular flexibility index (Phi) is 4.68. The van der Waals surface area contributed by atoms with Crippen molar-refractivity contribution in [1.29, 1.82) is 0 Å². The zero-order valence-electron chi connectivity index (χ0n) is 11.2. The summed E-state index contributed by atoms with van der Waals surface area (Å²) in [4.78, 5) is 16.2. The minimum Gasteiger partial charge on any atom is -0.347 e. The number of aromatic nitrogens is 3. The van der Waals surface area contributed by atoms with Crippen molar-refractivity contribution in [1.82, 2.24) is 20.1 Å². The van der Waals surface area contributed by atoms with Gasteiger partial charge < -0.3 is 5.32 Å². The molecule has 0 unspecified atom stereocenters. The predicted molar refractivity (Wildman–Crippen MR) is 74.9 cm³/mol. The molecule has 0 spiro atoms. The minimum atomic E-state index is 0.0202. The Morgan fingerprint density at radius 2 is 2.42 bits per heavy atom. The molecule has 2 aromatic rings. The number of carbonyl (C=O) groups is 1. The van der Waals surface area contributed by atoms with Crippen LogP contribution in [-0.2, 0) is 11.3 Å². The average Bonchev–Trinajstić information content (AvgIpc) is 3.05. The fourth-order valence-electron chi connectivity index (χ4n) is 1.82. The predicted octanol–water partition coefficient (Wildman–Crippen LogP) is 2.31. The van der Waals surface area contributed by atoms with Crippen molar-refractivity contribution in [3.05, 3.63) is 34.5 Å². The van der Waals surface area contributed by atoms with Gasteiger partial charge in [0.1, 0.15) is 5.01 Å². The van der Waals surface area contributed by atoms with E-state index in [0.717, 1.165) is 17.0 Å². The minimum absolute atomic E-state index is 0.0202. The molecule has 0 aromatic carbocycles. The van der Waals surface area contributed by atoms with Crippen LogP contribution in [0.15, 0.2) is 24.0 Å². The maximum absolute atomic E-state index is 11.9. The maximum Gasteiger partial charge on any atom is 0.222 e. The molecule has 0 aliphatic rings. The van der Waals surface area contributed by atoms with Crippen molar-refractivity contribution in [3.63, 3.8) is 0 Å². The summed E-state index contributed by atoms with van der Waals surface area (Å²) in [5.41, 5.74) is 1.11. The van der Waals surface area contributed by atoms with Gasteiger partial charge >= 0.3 is 0 Å². The quantitative estimate of drug-likeness (QED) is 0.882. The first-order valence-electron chi connectivity index (χ1n) is 6.37. The smallest absolute Gasteiger partial charge is 0.222 e. The van der Waals surface area contributed by atoms with Gasteiger partial charge in [-0.25, -0.2) is 4.98 Å². The SMILES string of the molecule is CC[C@H](NC(=O)CCn1cc(C)cn1)c1nccs1. The Balaban J connectivity index is 1.83. The van der Waals surface area contributed by atoms with E-state index in [1.54, 1.807) is 28.4 Å². The van der Waals surface area contributed by atoms with Crippen LogP contribution in [-0.4, -0.2) is 20.7 Å². The fraction of sp³-hybridized carbons (Fsp3) is 0.462. The van der Waals surface area contributed by atoms with Crippen molar-refractivity contribution in [3.8, 4) is 0 Å². The van der Waals surface area contributed by atoms with Gasteiger partial charge in [0.2, 0.25) is 5.91 Å². The summed E-state index contributed by atoms with van der Waals surface area (Å²) >= 11 is 1.57. The van der Waals surface area contributed by atoms with E-state index in [-0.39, 0.29) is 11.9 Å². The third-order valence-electron chi connectivity index (χ3n) is 2.82. The molecule has 5 nitrogen and oxygen atoms in total. The zero-order valence-corrected chi connectivity index (χ0v) is 12.0. The van der Waals surface area contributed by atoms with Gasteiger partial charge in [-0.2, -0.15) is 5.10 Å². The molecule has 0 saturated heterocycles. The molecule has 0 aliphatic carbocycles. The average molecular weight is 278 g/mol. The maximum atomic E-state index is 11.9. The Labute approximate surface area is 116 Å². The van der Waals surface area contributed by atoms with Crippen LogP contribution in [0.25, 0.3) is 0 Å². The second-order valence-electron chi connectivity index (χ2n) is 4.43. The molecular weight excluding hydrogens is 260 g/mol. The van der Waals surface area contributed by atoms with E-state index in [2.05, 4.69) is 15.4 Å². The molecule has 0 aliphatic heterocycles. The molecule has 102 valence electrons. The highest BCUT2D eigenvalue weighted by Gasteiger charge is 2.14. The molecule has 1 amide bonds. The highest BCUT2D eigenvalue weighted by molar-refractivity contribution is 7.09. The van der Waals surface area contributed by atoms with E-state index >= 15 is 0 Å². The van der Waals surface area contributed by atoms with Gasteiger partial charge in [-0.3, -0.25) is 9.48 Å². The lowest BCUT2D eigenvalue weighted by molar-refractivity contribution is -0.122. The number of rotatable bonds is 6. The topological polar surface area (TPSA) is 59.8 Å². The first-order chi connectivity index (χ1) is 9.19. The van der Waals surface area contributed by atoms with Crippen LogP contribution in [0.1, 0.15) is 36.4 Å². The van der Waals surface area contributed by atoms with Crippen LogP contribution in [0, 0.1) is 6.92 Å². The lowest BCUT2D eigenvalue weighted by Crippen LogP contribution is -2.28. The van der Waals surface area contributed by atoms with Crippen LogP contribution in [0.2, 0.25) is 0 Å². The fourth-order valence-corrected chi connectivity index (χ4v) is 2.59. The Morgan fingerprint density at radius 3 is 3.00 bits per heavy atom. The summed E-state index contributed by atoms with van der Waals surface area (Å²) < 4.78 is 1.79. The van der Waals surface area contributed by atoms with Crippen LogP contribution in [0.5, 0.6) is 0 Å². The molecule has 2 heterocycles. The first-order valence-corrected chi connectivity index (χ1v) is 7.24. The number of aryl methyl sites for hydroxylation is 2. The third-order valence-corrected chi connectivity index (χ3v) is 3.71. The molecule has 2 aromatic heterocycles. The number of nitrogens with one attached hydrogen (secondary N) is 1. The molecule has 1 atom stereocenters. The van der Waals surface area contributed by atoms with Crippen molar-refractivity contribution in [2.24, 2.45) is 0 Å². The van der Waals surface area contributed by atoms with Gasteiger partial charge in [0, 0.05) is 30.7 Å². The van der Waals surface area contributed by atoms with Gasteiger partial charge in [-0.15, -0.1) is 11.3 Å². The van der Waals surface area contributed by atoms with Crippen molar-refractivity contribution < 1.29 is 4.79 Å². The number of nitrogens with zero attached hydrogens (tertiary/aromatic N) is 3. The molecule has 19 heavy (non-hydrogen) atoms. The Hall–Kier alpha value is -1.69. The monoisotopic (exact) mass is 278 g/mol. The van der Waals surface area contributed by atoms with E-state index in [1.807, 2.05) is 25.4 Å². The van der Waals surface area contributed by atoms with E-state index in [1.165, 1.54) is 0 Å². The van der Waals surface area contributed by atoms with Crippen molar-refractivity contribution in [2.75, 3.05) is 0 Å². The molecule has 0 bridgehead atoms. The van der Waals surface area contributed by atoms with Crippen molar-refractivity contribution in [2.45, 2.75) is 39.3 Å². The number of hydrogen-bond acceptors (Lipinski definition) is 4. The standard InChI is InChI=1S/C13H18N4OS/c1-3-11(13-14-5-7-19-13)16-12(18)4-6-17-9-10(2)8-15-17/h5,7-9,11H,3-4,6H2,1-2H3,(H,16,18)/t11-/m0/s1. The van der Waals surface area contributed by atoms with Gasteiger partial charge in [0.25, 0.3) is 0 Å². The third kappa shape index (κ3) is 3.89. The number of thiazole rings is 1. The lowest BCUT2D eigenvalue weighted by Gasteiger charge is -2.14. The summed E-state index contributed by atoms with van der Waals surface area (Å²) in [6.45, 7) is 4.64. The molecule has 1 N–H and O–H groups in total. The summed E-state index contributed by atoms with van der Waals surface area (Å²) in [5, 5.41) is 10.1. The van der Waals surface area contributed by atoms with Crippen LogP contribution in [0.3, 0.4) is 0 Å². The summed E-state index contributed by atoms with van der Waals surface area (Å²) in [5.74, 6) is 0.0372. The van der Waals surface area contributed by atoms with Crippen LogP contribution in [0.4, 0.5) is 0 Å². The highest BCUT2D eigenvalue weighted by atomic mass is 32.1. The number of carbonyl (C=O) groups excluding carboxylic acids is 1.